The summed E-state index contributed by atoms with van der Waals surface area (Å²) in [6, 6.07) is 4.07. The molecule has 0 saturated carbocycles. The van der Waals surface area contributed by atoms with Crippen LogP contribution in [0.3, 0.4) is 0 Å². The van der Waals surface area contributed by atoms with E-state index in [4.69, 9.17) is 19.2 Å². The van der Waals surface area contributed by atoms with Gasteiger partial charge in [0.2, 0.25) is 17.8 Å². The number of rotatable bonds is 6. The second-order valence-corrected chi connectivity index (χ2v) is 9.25. The molecule has 2 saturated heterocycles. The Balaban J connectivity index is 1.58. The fourth-order valence-corrected chi connectivity index (χ4v) is 5.37. The zero-order valence-corrected chi connectivity index (χ0v) is 21.4. The van der Waals surface area contributed by atoms with Crippen molar-refractivity contribution in [2.24, 2.45) is 5.10 Å². The molecule has 1 N–H and O–H groups in total. The molecule has 0 aliphatic carbocycles. The molecule has 10 nitrogen and oxygen atoms in total. The first-order valence-corrected chi connectivity index (χ1v) is 12.0. The van der Waals surface area contributed by atoms with Crippen molar-refractivity contribution in [2.75, 3.05) is 74.9 Å². The SMILES string of the molecule is COc1c(I)cc(I)cc1C=NNc1nc(N2CCOCC2)nc(N2CCOCC2)n1. The Morgan fingerprint density at radius 1 is 0.968 bits per heavy atom. The molecular formula is C19H23I2N7O3. The number of aromatic nitrogens is 3. The largest absolute Gasteiger partial charge is 0.495 e. The van der Waals surface area contributed by atoms with Crippen molar-refractivity contribution in [2.45, 2.75) is 0 Å². The van der Waals surface area contributed by atoms with E-state index < -0.39 is 0 Å². The van der Waals surface area contributed by atoms with E-state index in [0.717, 1.165) is 44.6 Å². The molecule has 0 atom stereocenters. The lowest BCUT2D eigenvalue weighted by atomic mass is 10.2. The molecule has 166 valence electrons. The van der Waals surface area contributed by atoms with Crippen LogP contribution in [0.1, 0.15) is 5.56 Å². The van der Waals surface area contributed by atoms with Crippen LogP contribution in [0.4, 0.5) is 17.8 Å². The highest BCUT2D eigenvalue weighted by atomic mass is 127. The molecule has 0 spiro atoms. The third-order valence-electron chi connectivity index (χ3n) is 4.81. The molecule has 4 rings (SSSR count). The van der Waals surface area contributed by atoms with E-state index in [2.05, 4.69) is 81.5 Å². The van der Waals surface area contributed by atoms with Gasteiger partial charge in [0.15, 0.2) is 0 Å². The average molecular weight is 651 g/mol. The standard InChI is InChI=1S/C19H23I2N7O3/c1-29-16-13(10-14(20)11-15(16)21)12-22-26-17-23-18(27-2-6-30-7-3-27)25-19(24-17)28-4-8-31-9-5-28/h10-12H,2-9H2,1H3,(H,23,24,25,26). The van der Waals surface area contributed by atoms with Crippen molar-refractivity contribution >= 4 is 69.2 Å². The van der Waals surface area contributed by atoms with Gasteiger partial charge in [0.25, 0.3) is 0 Å². The molecule has 1 aromatic heterocycles. The summed E-state index contributed by atoms with van der Waals surface area (Å²) in [5.41, 5.74) is 3.85. The number of hydrogen-bond donors (Lipinski definition) is 1. The summed E-state index contributed by atoms with van der Waals surface area (Å²) in [5.74, 6) is 2.43. The van der Waals surface area contributed by atoms with Gasteiger partial charge in [-0.2, -0.15) is 20.1 Å². The van der Waals surface area contributed by atoms with Crippen molar-refractivity contribution in [1.29, 1.82) is 0 Å². The lowest BCUT2D eigenvalue weighted by Gasteiger charge is -2.30. The van der Waals surface area contributed by atoms with Crippen LogP contribution in [0.15, 0.2) is 17.2 Å². The van der Waals surface area contributed by atoms with Crippen molar-refractivity contribution in [1.82, 2.24) is 15.0 Å². The summed E-state index contributed by atoms with van der Waals surface area (Å²) < 4.78 is 18.6. The predicted molar refractivity (Wildman–Crippen MR) is 136 cm³/mol. The molecule has 0 bridgehead atoms. The van der Waals surface area contributed by atoms with Gasteiger partial charge in [0.1, 0.15) is 5.75 Å². The monoisotopic (exact) mass is 651 g/mol. The lowest BCUT2D eigenvalue weighted by Crippen LogP contribution is -2.40. The maximum Gasteiger partial charge on any atom is 0.250 e. The van der Waals surface area contributed by atoms with Gasteiger partial charge in [-0.25, -0.2) is 5.43 Å². The molecule has 12 heteroatoms. The number of anilines is 3. The van der Waals surface area contributed by atoms with Crippen LogP contribution in [0.5, 0.6) is 5.75 Å². The van der Waals surface area contributed by atoms with Crippen LogP contribution < -0.4 is 20.0 Å². The molecule has 1 aromatic carbocycles. The second kappa shape index (κ2) is 10.9. The molecule has 3 heterocycles. The van der Waals surface area contributed by atoms with Crippen LogP contribution in [-0.2, 0) is 9.47 Å². The van der Waals surface area contributed by atoms with E-state index in [0.29, 0.717) is 44.3 Å². The van der Waals surface area contributed by atoms with Crippen LogP contribution in [0.2, 0.25) is 0 Å². The Bertz CT molecular complexity index is 899. The number of ether oxygens (including phenoxy) is 3. The molecule has 2 aliphatic heterocycles. The highest BCUT2D eigenvalue weighted by Crippen LogP contribution is 2.27. The zero-order chi connectivity index (χ0) is 21.6. The first-order valence-electron chi connectivity index (χ1n) is 9.87. The molecule has 0 amide bonds. The van der Waals surface area contributed by atoms with Crippen LogP contribution >= 0.6 is 45.2 Å². The third-order valence-corrected chi connectivity index (χ3v) is 6.23. The zero-order valence-electron chi connectivity index (χ0n) is 17.1. The smallest absolute Gasteiger partial charge is 0.250 e. The van der Waals surface area contributed by atoms with E-state index in [1.807, 2.05) is 6.07 Å². The number of methoxy groups -OCH3 is 1. The van der Waals surface area contributed by atoms with Gasteiger partial charge in [-0.05, 0) is 57.3 Å². The molecule has 0 radical (unpaired) electrons. The number of nitrogens with one attached hydrogen (secondary N) is 1. The predicted octanol–water partition coefficient (Wildman–Crippen LogP) is 2.21. The Kier molecular flexibility index (Phi) is 7.95. The van der Waals surface area contributed by atoms with Gasteiger partial charge in [-0.15, -0.1) is 0 Å². The summed E-state index contributed by atoms with van der Waals surface area (Å²) in [4.78, 5) is 18.1. The minimum absolute atomic E-state index is 0.397. The first-order chi connectivity index (χ1) is 15.1. The van der Waals surface area contributed by atoms with E-state index in [9.17, 15) is 0 Å². The number of hydrogen-bond acceptors (Lipinski definition) is 10. The van der Waals surface area contributed by atoms with Crippen LogP contribution in [0, 0.1) is 7.14 Å². The number of halogens is 2. The van der Waals surface area contributed by atoms with Crippen molar-refractivity contribution < 1.29 is 14.2 Å². The van der Waals surface area contributed by atoms with E-state index in [1.165, 1.54) is 0 Å². The normalized spacial score (nSPS) is 17.3. The molecule has 31 heavy (non-hydrogen) atoms. The van der Waals surface area contributed by atoms with Crippen molar-refractivity contribution in [3.05, 3.63) is 24.8 Å². The molecule has 0 unspecified atom stereocenters. The van der Waals surface area contributed by atoms with Gasteiger partial charge in [0.05, 0.1) is 43.3 Å². The van der Waals surface area contributed by atoms with Gasteiger partial charge in [-0.1, -0.05) is 0 Å². The fourth-order valence-electron chi connectivity index (χ4n) is 3.26. The highest BCUT2D eigenvalue weighted by Gasteiger charge is 2.20. The Hall–Kier alpha value is -1.52. The number of nitrogens with zero attached hydrogens (tertiary/aromatic N) is 6. The highest BCUT2D eigenvalue weighted by molar-refractivity contribution is 14.1. The molecule has 2 aliphatic rings. The van der Waals surface area contributed by atoms with Crippen LogP contribution in [-0.4, -0.2) is 80.9 Å². The molecular weight excluding hydrogens is 628 g/mol. The van der Waals surface area contributed by atoms with Crippen molar-refractivity contribution in [3.63, 3.8) is 0 Å². The minimum Gasteiger partial charge on any atom is -0.495 e. The summed E-state index contributed by atoms with van der Waals surface area (Å²) >= 11 is 4.54. The van der Waals surface area contributed by atoms with Crippen LogP contribution in [0.25, 0.3) is 0 Å². The summed E-state index contributed by atoms with van der Waals surface area (Å²) in [6.07, 6.45) is 1.72. The Morgan fingerprint density at radius 2 is 1.55 bits per heavy atom. The third kappa shape index (κ3) is 5.84. The van der Waals surface area contributed by atoms with Gasteiger partial charge in [0, 0.05) is 35.3 Å². The average Bonchev–Trinajstić information content (AvgIpc) is 2.80. The second-order valence-electron chi connectivity index (χ2n) is 6.84. The topological polar surface area (TPSA) is 97.2 Å². The summed E-state index contributed by atoms with van der Waals surface area (Å²) in [5, 5.41) is 4.37. The van der Waals surface area contributed by atoms with Crippen molar-refractivity contribution in [3.8, 4) is 5.75 Å². The summed E-state index contributed by atoms with van der Waals surface area (Å²) in [7, 11) is 1.66. The minimum atomic E-state index is 0.397. The molecule has 2 fully saturated rings. The van der Waals surface area contributed by atoms with Gasteiger partial charge in [-0.3, -0.25) is 0 Å². The Labute approximate surface area is 208 Å². The van der Waals surface area contributed by atoms with E-state index >= 15 is 0 Å². The quantitative estimate of drug-likeness (QED) is 0.287. The summed E-state index contributed by atoms with van der Waals surface area (Å²) in [6.45, 7) is 5.60. The van der Waals surface area contributed by atoms with E-state index in [1.54, 1.807) is 13.3 Å². The van der Waals surface area contributed by atoms with Gasteiger partial charge >= 0.3 is 0 Å². The van der Waals surface area contributed by atoms with E-state index in [-0.39, 0.29) is 0 Å². The van der Waals surface area contributed by atoms with Gasteiger partial charge < -0.3 is 24.0 Å². The number of benzene rings is 1. The lowest BCUT2D eigenvalue weighted by molar-refractivity contribution is 0.121. The first kappa shape index (κ1) is 22.7. The molecule has 2 aromatic rings. The maximum absolute atomic E-state index is 5.52. The number of hydrazone groups is 1. The Morgan fingerprint density at radius 3 is 2.10 bits per heavy atom. The fraction of sp³-hybridized carbons (Fsp3) is 0.474. The maximum atomic E-state index is 5.52. The number of morpholine rings is 2.